The van der Waals surface area contributed by atoms with E-state index >= 15 is 0 Å². The number of nitrogens with two attached hydrogens (primary N) is 2. The highest BCUT2D eigenvalue weighted by Gasteiger charge is 2.11. The fraction of sp³-hybridized carbons (Fsp3) is 0.111. The summed E-state index contributed by atoms with van der Waals surface area (Å²) >= 11 is 12.4. The van der Waals surface area contributed by atoms with Gasteiger partial charge < -0.3 is 16.4 Å². The lowest BCUT2D eigenvalue weighted by molar-refractivity contribution is 0.883. The molecule has 2 aromatic heterocycles. The Morgan fingerprint density at radius 1 is 1.04 bits per heavy atom. The van der Waals surface area contributed by atoms with Gasteiger partial charge in [0.05, 0.1) is 28.5 Å². The number of rotatable bonds is 3. The second-order valence-electron chi connectivity index (χ2n) is 6.12. The van der Waals surface area contributed by atoms with E-state index in [1.54, 1.807) is 12.3 Å². The highest BCUT2D eigenvalue weighted by Crippen LogP contribution is 2.33. The third kappa shape index (κ3) is 3.27. The lowest BCUT2D eigenvalue weighted by Crippen LogP contribution is -2.17. The van der Waals surface area contributed by atoms with Crippen LogP contribution in [0.4, 0.5) is 17.5 Å². The average Bonchev–Trinajstić information content (AvgIpc) is 2.65. The smallest absolute Gasteiger partial charge is 0.224 e. The number of hydrogen-bond acceptors (Lipinski definition) is 7. The number of aromatic nitrogens is 4. The van der Waals surface area contributed by atoms with Crippen molar-refractivity contribution >= 4 is 62.6 Å². The van der Waals surface area contributed by atoms with Crippen molar-refractivity contribution in [2.24, 2.45) is 0 Å². The molecule has 9 heteroatoms. The second-order valence-corrected chi connectivity index (χ2v) is 6.91. The molecule has 2 heterocycles. The van der Waals surface area contributed by atoms with Gasteiger partial charge >= 0.3 is 0 Å². The molecule has 4 aromatic rings. The Balaban J connectivity index is 1.65. The summed E-state index contributed by atoms with van der Waals surface area (Å²) in [6.07, 6.45) is 1.66. The van der Waals surface area contributed by atoms with Crippen molar-refractivity contribution in [2.45, 2.75) is 6.54 Å². The van der Waals surface area contributed by atoms with E-state index in [1.807, 2.05) is 36.2 Å². The van der Waals surface area contributed by atoms with Crippen LogP contribution >= 0.6 is 23.2 Å². The molecule has 0 aliphatic rings. The van der Waals surface area contributed by atoms with Gasteiger partial charge in [-0.05, 0) is 23.6 Å². The quantitative estimate of drug-likeness (QED) is 0.540. The summed E-state index contributed by atoms with van der Waals surface area (Å²) in [5.74, 6) is 0.292. The first-order valence-corrected chi connectivity index (χ1v) is 8.81. The Hall–Kier alpha value is -2.90. The Morgan fingerprint density at radius 3 is 2.67 bits per heavy atom. The van der Waals surface area contributed by atoms with Crippen molar-refractivity contribution in [3.05, 3.63) is 52.3 Å². The van der Waals surface area contributed by atoms with Crippen molar-refractivity contribution in [1.29, 1.82) is 0 Å². The minimum absolute atomic E-state index is 0.0779. The summed E-state index contributed by atoms with van der Waals surface area (Å²) in [5.41, 5.74) is 14.0. The predicted molar refractivity (Wildman–Crippen MR) is 110 cm³/mol. The molecule has 0 unspecified atom stereocenters. The maximum Gasteiger partial charge on any atom is 0.224 e. The van der Waals surface area contributed by atoms with Crippen molar-refractivity contribution in [3.63, 3.8) is 0 Å². The van der Waals surface area contributed by atoms with E-state index in [9.17, 15) is 0 Å². The van der Waals surface area contributed by atoms with E-state index in [0.29, 0.717) is 27.8 Å². The maximum atomic E-state index is 6.27. The standard InChI is InChI=1S/C18H15Cl2N7/c1-27(11-3-4-12-9(6-11)2-5-13(19)14(12)20)8-10-7-23-17-15(24-10)16(21)25-18(22)26-17/h2-7H,8H2,1H3,(H4,21,22,23,25,26). The van der Waals surface area contributed by atoms with Crippen LogP contribution in [-0.4, -0.2) is 27.0 Å². The Kier molecular flexibility index (Phi) is 4.33. The third-order valence-corrected chi connectivity index (χ3v) is 5.05. The molecule has 4 rings (SSSR count). The first-order valence-electron chi connectivity index (χ1n) is 8.06. The van der Waals surface area contributed by atoms with Crippen LogP contribution in [0.25, 0.3) is 21.9 Å². The maximum absolute atomic E-state index is 6.27. The summed E-state index contributed by atoms with van der Waals surface area (Å²) in [4.78, 5) is 18.8. The number of hydrogen-bond donors (Lipinski definition) is 2. The minimum Gasteiger partial charge on any atom is -0.382 e. The minimum atomic E-state index is 0.0779. The van der Waals surface area contributed by atoms with Crippen LogP contribution in [-0.2, 0) is 6.54 Å². The molecule has 0 amide bonds. The van der Waals surface area contributed by atoms with Crippen molar-refractivity contribution in [1.82, 2.24) is 19.9 Å². The van der Waals surface area contributed by atoms with Gasteiger partial charge in [-0.1, -0.05) is 35.3 Å². The number of halogens is 2. The predicted octanol–water partition coefficient (Wildman–Crippen LogP) is 3.68. The van der Waals surface area contributed by atoms with Crippen LogP contribution in [0.3, 0.4) is 0 Å². The molecule has 0 aliphatic carbocycles. The fourth-order valence-corrected chi connectivity index (χ4v) is 3.28. The molecule has 0 radical (unpaired) electrons. The number of nitrogens with zero attached hydrogens (tertiary/aromatic N) is 5. The Morgan fingerprint density at radius 2 is 1.85 bits per heavy atom. The molecular weight excluding hydrogens is 385 g/mol. The van der Waals surface area contributed by atoms with Gasteiger partial charge in [0, 0.05) is 18.1 Å². The average molecular weight is 400 g/mol. The van der Waals surface area contributed by atoms with Gasteiger partial charge in [0.25, 0.3) is 0 Å². The van der Waals surface area contributed by atoms with Gasteiger partial charge in [0.1, 0.15) is 0 Å². The Labute approximate surface area is 165 Å². The lowest BCUT2D eigenvalue weighted by atomic mass is 10.1. The van der Waals surface area contributed by atoms with Gasteiger partial charge in [0.15, 0.2) is 17.0 Å². The van der Waals surface area contributed by atoms with Crippen LogP contribution < -0.4 is 16.4 Å². The molecule has 136 valence electrons. The van der Waals surface area contributed by atoms with Gasteiger partial charge in [-0.2, -0.15) is 9.97 Å². The summed E-state index contributed by atoms with van der Waals surface area (Å²) in [7, 11) is 1.97. The van der Waals surface area contributed by atoms with Crippen LogP contribution in [0, 0.1) is 0 Å². The largest absolute Gasteiger partial charge is 0.382 e. The second kappa shape index (κ2) is 6.68. The van der Waals surface area contributed by atoms with Gasteiger partial charge in [-0.15, -0.1) is 0 Å². The van der Waals surface area contributed by atoms with Gasteiger partial charge in [-0.3, -0.25) is 0 Å². The molecule has 0 spiro atoms. The SMILES string of the molecule is CN(Cc1cnc2nc(N)nc(N)c2n1)c1ccc2c(Cl)c(Cl)ccc2c1. The molecule has 27 heavy (non-hydrogen) atoms. The summed E-state index contributed by atoms with van der Waals surface area (Å²) in [6.45, 7) is 0.527. The molecule has 0 saturated heterocycles. The molecule has 2 aromatic carbocycles. The van der Waals surface area contributed by atoms with Crippen LogP contribution in [0.2, 0.25) is 10.0 Å². The van der Waals surface area contributed by atoms with E-state index in [1.165, 1.54) is 0 Å². The van der Waals surface area contributed by atoms with Crippen LogP contribution in [0.5, 0.6) is 0 Å². The van der Waals surface area contributed by atoms with E-state index in [0.717, 1.165) is 22.2 Å². The molecule has 7 nitrogen and oxygen atoms in total. The molecule has 0 fully saturated rings. The Bertz CT molecular complexity index is 1180. The highest BCUT2D eigenvalue weighted by molar-refractivity contribution is 6.45. The number of nitrogen functional groups attached to an aromatic ring is 2. The first-order chi connectivity index (χ1) is 12.9. The van der Waals surface area contributed by atoms with Crippen molar-refractivity contribution < 1.29 is 0 Å². The molecule has 0 aliphatic heterocycles. The fourth-order valence-electron chi connectivity index (χ4n) is 2.88. The number of fused-ring (bicyclic) bond motifs is 2. The molecule has 0 saturated carbocycles. The van der Waals surface area contributed by atoms with Crippen molar-refractivity contribution in [3.8, 4) is 0 Å². The summed E-state index contributed by atoms with van der Waals surface area (Å²) in [5, 5.41) is 3.01. The zero-order chi connectivity index (χ0) is 19.1. The number of benzene rings is 2. The van der Waals surface area contributed by atoms with E-state index in [4.69, 9.17) is 34.7 Å². The molecule has 4 N–H and O–H groups in total. The molecule has 0 atom stereocenters. The third-order valence-electron chi connectivity index (χ3n) is 4.23. The van der Waals surface area contributed by atoms with Crippen molar-refractivity contribution in [2.75, 3.05) is 23.4 Å². The van der Waals surface area contributed by atoms with Crippen LogP contribution in [0.1, 0.15) is 5.69 Å². The summed E-state index contributed by atoms with van der Waals surface area (Å²) in [6, 6.07) is 9.72. The van der Waals surface area contributed by atoms with Gasteiger partial charge in [0.2, 0.25) is 5.95 Å². The van der Waals surface area contributed by atoms with Gasteiger partial charge in [-0.25, -0.2) is 9.97 Å². The topological polar surface area (TPSA) is 107 Å². The zero-order valence-corrected chi connectivity index (χ0v) is 15.8. The zero-order valence-electron chi connectivity index (χ0n) is 14.3. The van der Waals surface area contributed by atoms with Crippen LogP contribution in [0.15, 0.2) is 36.5 Å². The molecule has 0 bridgehead atoms. The summed E-state index contributed by atoms with van der Waals surface area (Å²) < 4.78 is 0. The van der Waals surface area contributed by atoms with E-state index in [2.05, 4.69) is 19.9 Å². The normalized spacial score (nSPS) is 11.2. The highest BCUT2D eigenvalue weighted by atomic mass is 35.5. The molecular formula is C18H15Cl2N7. The first kappa shape index (κ1) is 17.5. The monoisotopic (exact) mass is 399 g/mol. The number of anilines is 3. The van der Waals surface area contributed by atoms with E-state index < -0.39 is 0 Å². The lowest BCUT2D eigenvalue weighted by Gasteiger charge is -2.19. The van der Waals surface area contributed by atoms with E-state index in [-0.39, 0.29) is 11.8 Å².